The molecule has 2 N–H and O–H groups in total. The lowest BCUT2D eigenvalue weighted by atomic mass is 9.77. The lowest BCUT2D eigenvalue weighted by Crippen LogP contribution is -2.25. The highest BCUT2D eigenvalue weighted by Gasteiger charge is 2.37. The van der Waals surface area contributed by atoms with Crippen molar-refractivity contribution in [3.63, 3.8) is 0 Å². The highest BCUT2D eigenvalue weighted by atomic mass is 19.4. The third kappa shape index (κ3) is 3.77. The van der Waals surface area contributed by atoms with Crippen LogP contribution in [0.15, 0.2) is 87.6 Å². The van der Waals surface area contributed by atoms with E-state index >= 15 is 0 Å². The van der Waals surface area contributed by atoms with Gasteiger partial charge in [-0.15, -0.1) is 0 Å². The van der Waals surface area contributed by atoms with E-state index < -0.39 is 40.6 Å². The Morgan fingerprint density at radius 3 is 2.23 bits per heavy atom. The number of hydrogen-bond acceptors (Lipinski definition) is 5. The van der Waals surface area contributed by atoms with Gasteiger partial charge in [0, 0.05) is 12.0 Å². The molecule has 0 spiro atoms. The van der Waals surface area contributed by atoms with Crippen molar-refractivity contribution in [2.24, 2.45) is 0 Å². The Kier molecular flexibility index (Phi) is 5.24. The summed E-state index contributed by atoms with van der Waals surface area (Å²) in [7, 11) is 0. The van der Waals surface area contributed by atoms with Crippen LogP contribution in [0.3, 0.4) is 0 Å². The van der Waals surface area contributed by atoms with Gasteiger partial charge in [0.05, 0.1) is 28.0 Å². The van der Waals surface area contributed by atoms with Crippen LogP contribution in [-0.2, 0) is 17.4 Å². The van der Waals surface area contributed by atoms with Crippen molar-refractivity contribution in [1.82, 2.24) is 0 Å². The number of aromatic hydroxyl groups is 1. The van der Waals surface area contributed by atoms with Gasteiger partial charge in [-0.2, -0.15) is 13.2 Å². The van der Waals surface area contributed by atoms with Crippen molar-refractivity contribution < 1.29 is 32.6 Å². The summed E-state index contributed by atoms with van der Waals surface area (Å²) < 4.78 is 44.9. The van der Waals surface area contributed by atoms with Crippen LogP contribution in [0.25, 0.3) is 16.7 Å². The normalized spacial score (nSPS) is 14.8. The molecule has 1 unspecified atom stereocenters. The van der Waals surface area contributed by atoms with Gasteiger partial charge in [0.1, 0.15) is 17.1 Å². The number of fused-ring (bicyclic) bond motifs is 2. The van der Waals surface area contributed by atoms with Crippen molar-refractivity contribution in [1.29, 1.82) is 0 Å². The highest BCUT2D eigenvalue weighted by molar-refractivity contribution is 6.07. The molecule has 1 aliphatic carbocycles. The van der Waals surface area contributed by atoms with Crippen molar-refractivity contribution in [2.45, 2.75) is 18.5 Å². The molecule has 1 aromatic heterocycles. The molecule has 1 heterocycles. The zero-order valence-electron chi connectivity index (χ0n) is 18.0. The summed E-state index contributed by atoms with van der Waals surface area (Å²) in [5.74, 6) is -2.79. The van der Waals surface area contributed by atoms with Gasteiger partial charge >= 0.3 is 11.8 Å². The molecule has 0 amide bonds. The average Bonchev–Trinajstić information content (AvgIpc) is 2.82. The van der Waals surface area contributed by atoms with Crippen LogP contribution in [0.1, 0.15) is 33.7 Å². The molecule has 5 nitrogen and oxygen atoms in total. The fraction of sp³-hybridized carbons (Fsp3) is 0.111. The predicted octanol–water partition coefficient (Wildman–Crippen LogP) is 5.74. The van der Waals surface area contributed by atoms with E-state index in [9.17, 15) is 33.0 Å². The number of halogens is 3. The van der Waals surface area contributed by atoms with Crippen LogP contribution < -0.4 is 5.63 Å². The molecule has 4 aromatic rings. The Bertz CT molecular complexity index is 1560. The third-order valence-electron chi connectivity index (χ3n) is 6.15. The summed E-state index contributed by atoms with van der Waals surface area (Å²) in [6.45, 7) is 0. The lowest BCUT2D eigenvalue weighted by Gasteiger charge is -2.26. The lowest BCUT2D eigenvalue weighted by molar-refractivity contribution is -0.137. The summed E-state index contributed by atoms with van der Waals surface area (Å²) in [4.78, 5) is 26.3. The van der Waals surface area contributed by atoms with E-state index in [1.807, 2.05) is 0 Å². The smallest absolute Gasteiger partial charge is 0.416 e. The average molecular weight is 478 g/mol. The quantitative estimate of drug-likeness (QED) is 0.367. The SMILES string of the molecule is O=C1Cc2ccccc2C(O)=C1C(c1ccc(C(F)(F)F)cc1)c1c(O)c2ccccc2oc1=O. The van der Waals surface area contributed by atoms with Gasteiger partial charge in [-0.3, -0.25) is 4.79 Å². The number of aliphatic hydroxyl groups is 1. The molecule has 0 saturated carbocycles. The molecule has 0 aliphatic heterocycles. The van der Waals surface area contributed by atoms with Crippen LogP contribution in [0.5, 0.6) is 5.75 Å². The second-order valence-corrected chi connectivity index (χ2v) is 8.22. The largest absolute Gasteiger partial charge is 0.507 e. The molecule has 0 bridgehead atoms. The van der Waals surface area contributed by atoms with E-state index in [4.69, 9.17) is 4.42 Å². The number of alkyl halides is 3. The highest BCUT2D eigenvalue weighted by Crippen LogP contribution is 2.43. The monoisotopic (exact) mass is 478 g/mol. The zero-order valence-corrected chi connectivity index (χ0v) is 18.0. The predicted molar refractivity (Wildman–Crippen MR) is 122 cm³/mol. The first kappa shape index (κ1) is 22.5. The van der Waals surface area contributed by atoms with Gasteiger partial charge in [0.2, 0.25) is 0 Å². The van der Waals surface area contributed by atoms with Gasteiger partial charge in [-0.25, -0.2) is 4.79 Å². The van der Waals surface area contributed by atoms with E-state index in [2.05, 4.69) is 0 Å². The Balaban J connectivity index is 1.82. The summed E-state index contributed by atoms with van der Waals surface area (Å²) in [6, 6.07) is 16.7. The van der Waals surface area contributed by atoms with E-state index in [0.29, 0.717) is 11.1 Å². The first-order chi connectivity index (χ1) is 16.7. The van der Waals surface area contributed by atoms with Crippen molar-refractivity contribution in [3.05, 3.63) is 117 Å². The number of Topliss-reactive ketones (excluding diaryl/α,β-unsaturated/α-hetero) is 1. The van der Waals surface area contributed by atoms with E-state index in [1.165, 1.54) is 12.1 Å². The second kappa shape index (κ2) is 8.16. The number of allylic oxidation sites excluding steroid dienone is 1. The summed E-state index contributed by atoms with van der Waals surface area (Å²) >= 11 is 0. The minimum atomic E-state index is -4.60. The number of para-hydroxylation sites is 1. The first-order valence-electron chi connectivity index (χ1n) is 10.6. The number of benzene rings is 3. The molecule has 0 fully saturated rings. The fourth-order valence-corrected chi connectivity index (χ4v) is 4.49. The van der Waals surface area contributed by atoms with Crippen molar-refractivity contribution in [3.8, 4) is 5.75 Å². The van der Waals surface area contributed by atoms with Crippen LogP contribution in [0.4, 0.5) is 13.2 Å². The molecular formula is C27H17F3O5. The summed E-state index contributed by atoms with van der Waals surface area (Å²) in [5.41, 5.74) is -1.32. The molecule has 0 radical (unpaired) electrons. The molecule has 35 heavy (non-hydrogen) atoms. The Morgan fingerprint density at radius 2 is 1.51 bits per heavy atom. The summed E-state index contributed by atoms with van der Waals surface area (Å²) in [6.07, 6.45) is -4.69. The van der Waals surface area contributed by atoms with Crippen molar-refractivity contribution in [2.75, 3.05) is 0 Å². The van der Waals surface area contributed by atoms with Gasteiger partial charge < -0.3 is 14.6 Å². The number of ketones is 1. The number of aliphatic hydroxyl groups excluding tert-OH is 1. The number of rotatable bonds is 3. The second-order valence-electron chi connectivity index (χ2n) is 8.22. The molecule has 3 aromatic carbocycles. The standard InChI is InChI=1S/C27H17F3O5/c28-27(29,30)16-11-9-14(10-12-16)21(22-19(31)13-15-5-1-2-6-17(15)24(22)32)23-25(33)18-7-3-4-8-20(18)35-26(23)34/h1-12,21,32-33H,13H2. The van der Waals surface area contributed by atoms with Gasteiger partial charge in [-0.05, 0) is 35.4 Å². The van der Waals surface area contributed by atoms with Gasteiger partial charge in [0.15, 0.2) is 5.78 Å². The third-order valence-corrected chi connectivity index (χ3v) is 6.15. The minimum absolute atomic E-state index is 0.0909. The molecule has 0 saturated heterocycles. The zero-order chi connectivity index (χ0) is 24.9. The first-order valence-corrected chi connectivity index (χ1v) is 10.6. The Labute approximate surface area is 196 Å². The maximum atomic E-state index is 13.3. The van der Waals surface area contributed by atoms with Gasteiger partial charge in [-0.1, -0.05) is 48.5 Å². The maximum Gasteiger partial charge on any atom is 0.416 e. The van der Waals surface area contributed by atoms with Crippen LogP contribution in [0, 0.1) is 0 Å². The number of hydrogen-bond donors (Lipinski definition) is 2. The molecule has 1 atom stereocenters. The van der Waals surface area contributed by atoms with Crippen molar-refractivity contribution >= 4 is 22.5 Å². The Morgan fingerprint density at radius 1 is 0.857 bits per heavy atom. The van der Waals surface area contributed by atoms with E-state index in [-0.39, 0.29) is 34.1 Å². The number of carbonyl (C=O) groups excluding carboxylic acids is 1. The molecular weight excluding hydrogens is 461 g/mol. The Hall–Kier alpha value is -4.33. The van der Waals surface area contributed by atoms with E-state index in [0.717, 1.165) is 24.3 Å². The van der Waals surface area contributed by atoms with E-state index in [1.54, 1.807) is 36.4 Å². The molecule has 8 heteroatoms. The molecule has 5 rings (SSSR count). The molecule has 176 valence electrons. The minimum Gasteiger partial charge on any atom is -0.507 e. The number of carbonyl (C=O) groups is 1. The maximum absolute atomic E-state index is 13.3. The van der Waals surface area contributed by atoms with Gasteiger partial charge in [0.25, 0.3) is 0 Å². The molecule has 1 aliphatic rings. The van der Waals surface area contributed by atoms with Crippen LogP contribution in [0.2, 0.25) is 0 Å². The summed E-state index contributed by atoms with van der Waals surface area (Å²) in [5, 5.41) is 22.4. The fourth-order valence-electron chi connectivity index (χ4n) is 4.49. The van der Waals surface area contributed by atoms with Crippen LogP contribution >= 0.6 is 0 Å². The van der Waals surface area contributed by atoms with Crippen LogP contribution in [-0.4, -0.2) is 16.0 Å². The topological polar surface area (TPSA) is 87.7 Å².